The number of amides is 1. The van der Waals surface area contributed by atoms with Gasteiger partial charge in [-0.1, -0.05) is 18.2 Å². The summed E-state index contributed by atoms with van der Waals surface area (Å²) in [6, 6.07) is 7.91. The number of hydrogen-bond donors (Lipinski definition) is 0. The average Bonchev–Trinajstić information content (AvgIpc) is 2.78. The van der Waals surface area contributed by atoms with Crippen molar-refractivity contribution in [3.63, 3.8) is 0 Å². The molecule has 1 atom stereocenters. The van der Waals surface area contributed by atoms with Gasteiger partial charge in [0.15, 0.2) is 0 Å². The first-order chi connectivity index (χ1) is 7.65. The summed E-state index contributed by atoms with van der Waals surface area (Å²) in [5.41, 5.74) is 3.06. The van der Waals surface area contributed by atoms with Gasteiger partial charge in [-0.05, 0) is 13.0 Å². The van der Waals surface area contributed by atoms with E-state index >= 15 is 0 Å². The van der Waals surface area contributed by atoms with E-state index in [1.54, 1.807) is 16.7 Å². The topological polar surface area (TPSA) is 32.7 Å². The average molecular weight is 232 g/mol. The molecule has 4 heteroatoms. The Hall–Kier alpha value is -1.29. The number of rotatable bonds is 0. The molecule has 16 heavy (non-hydrogen) atoms. The van der Waals surface area contributed by atoms with Gasteiger partial charge in [0, 0.05) is 24.1 Å². The van der Waals surface area contributed by atoms with Gasteiger partial charge >= 0.3 is 0 Å². The third kappa shape index (κ3) is 1.05. The highest BCUT2D eigenvalue weighted by Crippen LogP contribution is 2.51. The van der Waals surface area contributed by atoms with Crippen LogP contribution < -0.4 is 4.90 Å². The third-order valence-corrected chi connectivity index (χ3v) is 4.53. The zero-order chi connectivity index (χ0) is 11.3. The lowest BCUT2D eigenvalue weighted by atomic mass is 10.1. The Bertz CT molecular complexity index is 511. The number of nitrogens with zero attached hydrogens (tertiary/aromatic N) is 2. The molecule has 1 aromatic carbocycles. The molecule has 3 nitrogen and oxygen atoms in total. The number of likely N-dealkylation sites (N-methyl/N-ethyl adjacent to an activating group) is 1. The molecule has 82 valence electrons. The van der Waals surface area contributed by atoms with Crippen LogP contribution in [0.5, 0.6) is 0 Å². The van der Waals surface area contributed by atoms with Gasteiger partial charge in [-0.2, -0.15) is 0 Å². The Morgan fingerprint density at radius 3 is 2.88 bits per heavy atom. The maximum absolute atomic E-state index is 12.3. The SMILES string of the molecule is CC1=NC2(SC1)C(=O)N(C)c1ccccc12. The second-order valence-electron chi connectivity index (χ2n) is 4.16. The van der Waals surface area contributed by atoms with Crippen molar-refractivity contribution in [3.05, 3.63) is 29.8 Å². The van der Waals surface area contributed by atoms with Crippen LogP contribution in [-0.2, 0) is 9.67 Å². The first kappa shape index (κ1) is 9.90. The number of aliphatic imine (C=N–C) groups is 1. The molecule has 0 saturated carbocycles. The molecule has 2 aliphatic heterocycles. The van der Waals surface area contributed by atoms with Crippen LogP contribution >= 0.6 is 11.8 Å². The van der Waals surface area contributed by atoms with E-state index in [0.29, 0.717) is 0 Å². The predicted octanol–water partition coefficient (Wildman–Crippen LogP) is 2.02. The van der Waals surface area contributed by atoms with Crippen molar-refractivity contribution in [3.8, 4) is 0 Å². The molecule has 1 spiro atoms. The molecular weight excluding hydrogens is 220 g/mol. The lowest BCUT2D eigenvalue weighted by Gasteiger charge is -2.17. The first-order valence-electron chi connectivity index (χ1n) is 5.22. The first-order valence-corrected chi connectivity index (χ1v) is 6.21. The molecule has 0 saturated heterocycles. The van der Waals surface area contributed by atoms with E-state index in [-0.39, 0.29) is 5.91 Å². The van der Waals surface area contributed by atoms with E-state index in [0.717, 1.165) is 22.7 Å². The Morgan fingerprint density at radius 1 is 1.44 bits per heavy atom. The van der Waals surface area contributed by atoms with E-state index in [4.69, 9.17) is 0 Å². The molecule has 1 aromatic rings. The molecule has 2 aliphatic rings. The summed E-state index contributed by atoms with van der Waals surface area (Å²) in [6.07, 6.45) is 0. The zero-order valence-electron chi connectivity index (χ0n) is 9.23. The molecule has 3 rings (SSSR count). The van der Waals surface area contributed by atoms with Crippen molar-refractivity contribution in [2.24, 2.45) is 4.99 Å². The Labute approximate surface area is 98.5 Å². The van der Waals surface area contributed by atoms with Gasteiger partial charge in [0.25, 0.3) is 5.91 Å². The van der Waals surface area contributed by atoms with Crippen molar-refractivity contribution < 1.29 is 4.79 Å². The second-order valence-corrected chi connectivity index (χ2v) is 5.33. The van der Waals surface area contributed by atoms with Crippen LogP contribution in [0.1, 0.15) is 12.5 Å². The van der Waals surface area contributed by atoms with E-state index in [1.165, 1.54) is 0 Å². The largest absolute Gasteiger partial charge is 0.312 e. The van der Waals surface area contributed by atoms with Crippen LogP contribution in [0.4, 0.5) is 5.69 Å². The quantitative estimate of drug-likeness (QED) is 0.685. The number of anilines is 1. The Balaban J connectivity index is 2.25. The molecule has 0 N–H and O–H groups in total. The summed E-state index contributed by atoms with van der Waals surface area (Å²) in [5, 5.41) is 0. The highest BCUT2D eigenvalue weighted by Gasteiger charge is 2.52. The van der Waals surface area contributed by atoms with Gasteiger partial charge in [-0.15, -0.1) is 11.8 Å². The third-order valence-electron chi connectivity index (χ3n) is 3.06. The number of thioether (sulfide) groups is 1. The van der Waals surface area contributed by atoms with Gasteiger partial charge in [-0.25, -0.2) is 0 Å². The number of fused-ring (bicyclic) bond motifs is 2. The van der Waals surface area contributed by atoms with Crippen LogP contribution in [0.15, 0.2) is 29.3 Å². The van der Waals surface area contributed by atoms with Crippen molar-refractivity contribution in [2.45, 2.75) is 11.8 Å². The summed E-state index contributed by atoms with van der Waals surface area (Å²) < 4.78 is 0. The number of carbonyl (C=O) groups excluding carboxylic acids is 1. The summed E-state index contributed by atoms with van der Waals surface area (Å²) in [4.78, 5) is 17.9. The van der Waals surface area contributed by atoms with E-state index in [9.17, 15) is 4.79 Å². The highest BCUT2D eigenvalue weighted by molar-refractivity contribution is 8.02. The highest BCUT2D eigenvalue weighted by atomic mass is 32.2. The molecule has 2 heterocycles. The molecule has 0 aromatic heterocycles. The number of carbonyl (C=O) groups is 1. The van der Waals surface area contributed by atoms with E-state index in [1.807, 2.05) is 38.2 Å². The fourth-order valence-electron chi connectivity index (χ4n) is 2.29. The minimum absolute atomic E-state index is 0.0792. The Morgan fingerprint density at radius 2 is 2.19 bits per heavy atom. The van der Waals surface area contributed by atoms with E-state index in [2.05, 4.69) is 4.99 Å². The number of benzene rings is 1. The summed E-state index contributed by atoms with van der Waals surface area (Å²) >= 11 is 1.62. The minimum atomic E-state index is -0.685. The standard InChI is InChI=1S/C12H12N2OS/c1-8-7-16-12(13-8)9-5-3-4-6-10(9)14(2)11(12)15/h3-6H,7H2,1-2H3. The van der Waals surface area contributed by atoms with Gasteiger partial charge in [0.05, 0.1) is 5.69 Å². The molecule has 1 unspecified atom stereocenters. The van der Waals surface area contributed by atoms with Crippen LogP contribution in [0.2, 0.25) is 0 Å². The predicted molar refractivity (Wildman–Crippen MR) is 67.1 cm³/mol. The van der Waals surface area contributed by atoms with Crippen LogP contribution in [0, 0.1) is 0 Å². The molecule has 1 amide bonds. The van der Waals surface area contributed by atoms with Crippen molar-refractivity contribution in [1.82, 2.24) is 0 Å². The van der Waals surface area contributed by atoms with Crippen LogP contribution in [0.3, 0.4) is 0 Å². The van der Waals surface area contributed by atoms with Crippen molar-refractivity contribution in [2.75, 3.05) is 17.7 Å². The Kier molecular flexibility index (Phi) is 1.92. The molecule has 0 aliphatic carbocycles. The monoisotopic (exact) mass is 232 g/mol. The van der Waals surface area contributed by atoms with E-state index < -0.39 is 4.87 Å². The minimum Gasteiger partial charge on any atom is -0.312 e. The molecule has 0 fully saturated rings. The summed E-state index contributed by atoms with van der Waals surface area (Å²) in [5.74, 6) is 0.920. The van der Waals surface area contributed by atoms with Crippen molar-refractivity contribution >= 4 is 29.1 Å². The normalized spacial score (nSPS) is 27.5. The van der Waals surface area contributed by atoms with Crippen LogP contribution in [-0.4, -0.2) is 24.4 Å². The fraction of sp³-hybridized carbons (Fsp3) is 0.333. The van der Waals surface area contributed by atoms with Gasteiger partial charge in [-0.3, -0.25) is 9.79 Å². The lowest BCUT2D eigenvalue weighted by molar-refractivity contribution is -0.119. The maximum atomic E-state index is 12.3. The summed E-state index contributed by atoms with van der Waals surface area (Å²) in [7, 11) is 1.82. The number of hydrogen-bond acceptors (Lipinski definition) is 3. The smallest absolute Gasteiger partial charge is 0.269 e. The second kappa shape index (κ2) is 3.10. The van der Waals surface area contributed by atoms with Gasteiger partial charge < -0.3 is 4.90 Å². The lowest BCUT2D eigenvalue weighted by Crippen LogP contribution is -2.33. The maximum Gasteiger partial charge on any atom is 0.269 e. The molecule has 0 bridgehead atoms. The zero-order valence-corrected chi connectivity index (χ0v) is 10.0. The van der Waals surface area contributed by atoms with Gasteiger partial charge in [0.1, 0.15) is 0 Å². The fourth-order valence-corrected chi connectivity index (χ4v) is 3.59. The summed E-state index contributed by atoms with van der Waals surface area (Å²) in [6.45, 7) is 1.98. The number of para-hydroxylation sites is 1. The molecular formula is C12H12N2OS. The van der Waals surface area contributed by atoms with Crippen molar-refractivity contribution in [1.29, 1.82) is 0 Å². The molecule has 0 radical (unpaired) electrons. The van der Waals surface area contributed by atoms with Crippen LogP contribution in [0.25, 0.3) is 0 Å². The van der Waals surface area contributed by atoms with Gasteiger partial charge in [0.2, 0.25) is 4.87 Å².